The molecule has 0 saturated carbocycles. The highest BCUT2D eigenvalue weighted by molar-refractivity contribution is 5.69. The summed E-state index contributed by atoms with van der Waals surface area (Å²) in [6.45, 7) is -0.463. The van der Waals surface area contributed by atoms with E-state index in [-0.39, 0.29) is 17.6 Å². The molecule has 4 N–H and O–H groups in total. The summed E-state index contributed by atoms with van der Waals surface area (Å²) in [4.78, 5) is 22.7. The highest BCUT2D eigenvalue weighted by Crippen LogP contribution is 2.39. The van der Waals surface area contributed by atoms with Crippen molar-refractivity contribution in [2.24, 2.45) is 0 Å². The maximum atomic E-state index is 12.0. The molecular weight excluding hydrogens is 340 g/mol. The minimum absolute atomic E-state index is 0.0951. The maximum absolute atomic E-state index is 12.0. The van der Waals surface area contributed by atoms with Crippen LogP contribution >= 0.6 is 0 Å². The first-order valence-electron chi connectivity index (χ1n) is 8.17. The Morgan fingerprint density at radius 2 is 2.00 bits per heavy atom. The fourth-order valence-electron chi connectivity index (χ4n) is 3.46. The van der Waals surface area contributed by atoms with Crippen molar-refractivity contribution in [1.82, 2.24) is 19.5 Å². The minimum atomic E-state index is -1.47. The van der Waals surface area contributed by atoms with E-state index >= 15 is 0 Å². The van der Waals surface area contributed by atoms with Crippen molar-refractivity contribution in [1.29, 1.82) is 0 Å². The SMILES string of the molecule is O=c1[nH]cnc2c1ncn2[C@]1(Cc2ccccc2)O[C@H](CO)[C@@H](O)[C@H]1O. The van der Waals surface area contributed by atoms with Gasteiger partial charge < -0.3 is 25.0 Å². The van der Waals surface area contributed by atoms with Gasteiger partial charge >= 0.3 is 0 Å². The summed E-state index contributed by atoms with van der Waals surface area (Å²) < 4.78 is 7.39. The number of fused-ring (bicyclic) bond motifs is 1. The predicted octanol–water partition coefficient (Wildman–Crippen LogP) is -0.872. The molecule has 4 atom stereocenters. The van der Waals surface area contributed by atoms with Gasteiger partial charge in [-0.05, 0) is 5.56 Å². The number of rotatable bonds is 4. The number of aromatic amines is 1. The van der Waals surface area contributed by atoms with Crippen molar-refractivity contribution >= 4 is 11.2 Å². The molecule has 0 radical (unpaired) electrons. The lowest BCUT2D eigenvalue weighted by Crippen LogP contribution is -2.47. The Labute approximate surface area is 147 Å². The summed E-state index contributed by atoms with van der Waals surface area (Å²) in [6, 6.07) is 9.27. The second kappa shape index (κ2) is 6.29. The summed E-state index contributed by atoms with van der Waals surface area (Å²) >= 11 is 0. The molecule has 9 nitrogen and oxygen atoms in total. The quantitative estimate of drug-likeness (QED) is 0.476. The first-order chi connectivity index (χ1) is 12.6. The average molecular weight is 358 g/mol. The van der Waals surface area contributed by atoms with Gasteiger partial charge in [0, 0.05) is 6.42 Å². The monoisotopic (exact) mass is 358 g/mol. The van der Waals surface area contributed by atoms with Gasteiger partial charge in [-0.25, -0.2) is 9.97 Å². The van der Waals surface area contributed by atoms with Gasteiger partial charge in [-0.15, -0.1) is 0 Å². The molecule has 9 heteroatoms. The van der Waals surface area contributed by atoms with Gasteiger partial charge in [-0.2, -0.15) is 0 Å². The number of hydrogen-bond donors (Lipinski definition) is 4. The van der Waals surface area contributed by atoms with Gasteiger partial charge in [0.15, 0.2) is 16.9 Å². The molecule has 26 heavy (non-hydrogen) atoms. The number of nitrogens with one attached hydrogen (secondary N) is 1. The zero-order valence-corrected chi connectivity index (χ0v) is 13.7. The van der Waals surface area contributed by atoms with Crippen molar-refractivity contribution < 1.29 is 20.1 Å². The van der Waals surface area contributed by atoms with Gasteiger partial charge in [0.05, 0.1) is 19.3 Å². The Bertz CT molecular complexity index is 972. The topological polar surface area (TPSA) is 133 Å². The van der Waals surface area contributed by atoms with E-state index in [1.165, 1.54) is 17.2 Å². The lowest BCUT2D eigenvalue weighted by Gasteiger charge is -2.34. The number of aliphatic hydroxyl groups excluding tert-OH is 3. The lowest BCUT2D eigenvalue weighted by molar-refractivity contribution is -0.145. The van der Waals surface area contributed by atoms with Gasteiger partial charge in [-0.3, -0.25) is 9.36 Å². The van der Waals surface area contributed by atoms with Crippen LogP contribution in [0.15, 0.2) is 47.8 Å². The third-order valence-corrected chi connectivity index (χ3v) is 4.75. The van der Waals surface area contributed by atoms with Crippen LogP contribution in [0.2, 0.25) is 0 Å². The maximum Gasteiger partial charge on any atom is 0.278 e. The van der Waals surface area contributed by atoms with Crippen LogP contribution in [0, 0.1) is 0 Å². The second-order valence-corrected chi connectivity index (χ2v) is 6.30. The number of imidazole rings is 1. The van der Waals surface area contributed by atoms with E-state index in [0.717, 1.165) is 5.56 Å². The molecule has 136 valence electrons. The largest absolute Gasteiger partial charge is 0.394 e. The molecule has 0 bridgehead atoms. The molecular formula is C17H18N4O5. The number of H-pyrrole nitrogens is 1. The Balaban J connectivity index is 1.91. The van der Waals surface area contributed by atoms with E-state index in [0.29, 0.717) is 0 Å². The molecule has 0 unspecified atom stereocenters. The molecule has 1 saturated heterocycles. The summed E-state index contributed by atoms with van der Waals surface area (Å²) in [5, 5.41) is 30.7. The molecule has 0 amide bonds. The van der Waals surface area contributed by atoms with Crippen molar-refractivity contribution in [3.05, 3.63) is 58.9 Å². The zero-order valence-electron chi connectivity index (χ0n) is 13.7. The molecule has 1 fully saturated rings. The summed E-state index contributed by atoms with van der Waals surface area (Å²) in [7, 11) is 0. The second-order valence-electron chi connectivity index (χ2n) is 6.30. The molecule has 1 aliphatic rings. The van der Waals surface area contributed by atoms with E-state index < -0.39 is 36.2 Å². The minimum Gasteiger partial charge on any atom is -0.394 e. The number of benzene rings is 1. The number of ether oxygens (including phenoxy) is 1. The van der Waals surface area contributed by atoms with Crippen LogP contribution in [-0.2, 0) is 16.9 Å². The molecule has 3 heterocycles. The van der Waals surface area contributed by atoms with E-state index in [1.807, 2.05) is 30.3 Å². The first kappa shape index (κ1) is 16.9. The molecule has 2 aromatic heterocycles. The van der Waals surface area contributed by atoms with Crippen LogP contribution in [0.5, 0.6) is 0 Å². The summed E-state index contributed by atoms with van der Waals surface area (Å²) in [5.74, 6) is 0. The van der Waals surface area contributed by atoms with Crippen molar-refractivity contribution in [3.63, 3.8) is 0 Å². The van der Waals surface area contributed by atoms with Gasteiger partial charge in [0.1, 0.15) is 18.3 Å². The Kier molecular flexibility index (Phi) is 4.08. The third kappa shape index (κ3) is 2.44. The summed E-state index contributed by atoms with van der Waals surface area (Å²) in [5.41, 5.74) is -0.740. The fraction of sp³-hybridized carbons (Fsp3) is 0.353. The standard InChI is InChI=1S/C17H18N4O5/c22-7-11-13(23)14(24)17(26-11,6-10-4-2-1-3-5-10)21-9-20-12-15(21)18-8-19-16(12)25/h1-5,8-9,11,13-14,22-24H,6-7H2,(H,18,19,25)/t11-,13-,14-,17-/m1/s1. The molecule has 0 spiro atoms. The summed E-state index contributed by atoms with van der Waals surface area (Å²) in [6.07, 6.45) is -0.872. The molecule has 1 aromatic carbocycles. The Hall–Kier alpha value is -2.59. The van der Waals surface area contributed by atoms with Gasteiger partial charge in [0.25, 0.3) is 5.56 Å². The number of nitrogens with zero attached hydrogens (tertiary/aromatic N) is 3. The van der Waals surface area contributed by atoms with Crippen LogP contribution in [0.1, 0.15) is 5.56 Å². The van der Waals surface area contributed by atoms with Crippen LogP contribution in [0.4, 0.5) is 0 Å². The number of aromatic nitrogens is 4. The van der Waals surface area contributed by atoms with Crippen molar-refractivity contribution in [2.45, 2.75) is 30.5 Å². The number of aliphatic hydroxyl groups is 3. The molecule has 4 rings (SSSR count). The normalized spacial score (nSPS) is 28.7. The smallest absolute Gasteiger partial charge is 0.278 e. The molecule has 3 aromatic rings. The number of hydrogen-bond acceptors (Lipinski definition) is 7. The van der Waals surface area contributed by atoms with Crippen LogP contribution < -0.4 is 5.56 Å². The molecule has 0 aliphatic carbocycles. The van der Waals surface area contributed by atoms with E-state index in [9.17, 15) is 20.1 Å². The molecule has 1 aliphatic heterocycles. The van der Waals surface area contributed by atoms with Crippen LogP contribution in [0.3, 0.4) is 0 Å². The fourth-order valence-corrected chi connectivity index (χ4v) is 3.46. The average Bonchev–Trinajstić information content (AvgIpc) is 3.19. The predicted molar refractivity (Wildman–Crippen MR) is 90.2 cm³/mol. The zero-order chi connectivity index (χ0) is 18.3. The Morgan fingerprint density at radius 3 is 2.69 bits per heavy atom. The highest BCUT2D eigenvalue weighted by Gasteiger charge is 2.55. The highest BCUT2D eigenvalue weighted by atomic mass is 16.6. The lowest BCUT2D eigenvalue weighted by atomic mass is 9.95. The van der Waals surface area contributed by atoms with E-state index in [1.54, 1.807) is 0 Å². The Morgan fingerprint density at radius 1 is 1.23 bits per heavy atom. The van der Waals surface area contributed by atoms with E-state index in [2.05, 4.69) is 15.0 Å². The van der Waals surface area contributed by atoms with Crippen LogP contribution in [-0.4, -0.2) is 59.8 Å². The first-order valence-corrected chi connectivity index (χ1v) is 8.17. The third-order valence-electron chi connectivity index (χ3n) is 4.75. The van der Waals surface area contributed by atoms with Crippen molar-refractivity contribution in [3.8, 4) is 0 Å². The van der Waals surface area contributed by atoms with Gasteiger partial charge in [0.2, 0.25) is 0 Å². The van der Waals surface area contributed by atoms with Gasteiger partial charge in [-0.1, -0.05) is 30.3 Å². The van der Waals surface area contributed by atoms with Crippen LogP contribution in [0.25, 0.3) is 11.2 Å². The van der Waals surface area contributed by atoms with Crippen molar-refractivity contribution in [2.75, 3.05) is 6.61 Å². The van der Waals surface area contributed by atoms with E-state index in [4.69, 9.17) is 4.74 Å².